The zero-order chi connectivity index (χ0) is 14.7. The molecule has 2 N–H and O–H groups in total. The molecule has 5 nitrogen and oxygen atoms in total. The van der Waals surface area contributed by atoms with E-state index in [9.17, 15) is 4.79 Å². The molecule has 0 unspecified atom stereocenters. The van der Waals surface area contributed by atoms with Crippen LogP contribution < -0.4 is 5.32 Å². The van der Waals surface area contributed by atoms with Crippen LogP contribution in [0.2, 0.25) is 0 Å². The Balaban J connectivity index is 2.38. The predicted molar refractivity (Wildman–Crippen MR) is 75.0 cm³/mol. The second-order valence-electron chi connectivity index (χ2n) is 6.58. The van der Waals surface area contributed by atoms with Gasteiger partial charge in [-0.3, -0.25) is 9.48 Å². The van der Waals surface area contributed by atoms with Crippen LogP contribution >= 0.6 is 0 Å². The Hall–Kier alpha value is -1.36. The molecule has 0 spiro atoms. The lowest BCUT2D eigenvalue weighted by Gasteiger charge is -2.19. The molecular formula is C14H25N3O2. The minimum Gasteiger partial charge on any atom is -0.481 e. The molecule has 108 valence electrons. The van der Waals surface area contributed by atoms with Crippen LogP contribution in [0.5, 0.6) is 0 Å². The average Bonchev–Trinajstić information content (AvgIpc) is 2.72. The lowest BCUT2D eigenvalue weighted by molar-refractivity contribution is -0.147. The Kier molecular flexibility index (Phi) is 4.74. The summed E-state index contributed by atoms with van der Waals surface area (Å²) in [7, 11) is 0. The third kappa shape index (κ3) is 4.67. The minimum absolute atomic E-state index is 0.0104. The molecule has 0 bridgehead atoms. The van der Waals surface area contributed by atoms with E-state index in [1.807, 2.05) is 17.1 Å². The van der Waals surface area contributed by atoms with Crippen LogP contribution in [0.4, 0.5) is 0 Å². The molecule has 0 saturated heterocycles. The monoisotopic (exact) mass is 267 g/mol. The topological polar surface area (TPSA) is 67.2 Å². The van der Waals surface area contributed by atoms with Crippen LogP contribution in [0.25, 0.3) is 0 Å². The fraction of sp³-hybridized carbons (Fsp3) is 0.714. The van der Waals surface area contributed by atoms with Crippen molar-refractivity contribution in [1.29, 1.82) is 0 Å². The number of carbonyl (C=O) groups is 1. The smallest absolute Gasteiger partial charge is 0.309 e. The molecule has 0 atom stereocenters. The molecular weight excluding hydrogens is 242 g/mol. The van der Waals surface area contributed by atoms with Gasteiger partial charge in [-0.15, -0.1) is 0 Å². The maximum absolute atomic E-state index is 11.0. The Morgan fingerprint density at radius 2 is 2.00 bits per heavy atom. The molecule has 5 heteroatoms. The number of aromatic nitrogens is 2. The number of carboxylic acids is 1. The summed E-state index contributed by atoms with van der Waals surface area (Å²) in [6, 6.07) is 0. The van der Waals surface area contributed by atoms with Crippen LogP contribution in [-0.2, 0) is 16.9 Å². The van der Waals surface area contributed by atoms with Gasteiger partial charge < -0.3 is 10.4 Å². The molecule has 0 aliphatic rings. The van der Waals surface area contributed by atoms with E-state index in [0.717, 1.165) is 5.56 Å². The summed E-state index contributed by atoms with van der Waals surface area (Å²) in [6.45, 7) is 11.2. The highest BCUT2D eigenvalue weighted by Crippen LogP contribution is 2.19. The maximum Gasteiger partial charge on any atom is 0.309 e. The first-order chi connectivity index (χ1) is 8.63. The van der Waals surface area contributed by atoms with Crippen molar-refractivity contribution >= 4 is 5.97 Å². The van der Waals surface area contributed by atoms with Crippen molar-refractivity contribution in [2.45, 2.75) is 53.1 Å². The number of nitrogens with zero attached hydrogens (tertiary/aromatic N) is 2. The normalized spacial score (nSPS) is 12.7. The molecule has 0 aliphatic heterocycles. The van der Waals surface area contributed by atoms with Crippen molar-refractivity contribution < 1.29 is 9.90 Å². The Labute approximate surface area is 115 Å². The summed E-state index contributed by atoms with van der Waals surface area (Å²) in [5, 5.41) is 16.6. The Morgan fingerprint density at radius 3 is 2.47 bits per heavy atom. The third-order valence-corrected chi connectivity index (χ3v) is 3.16. The molecule has 0 amide bonds. The lowest BCUT2D eigenvalue weighted by atomic mass is 9.90. The van der Waals surface area contributed by atoms with Gasteiger partial charge in [-0.1, -0.05) is 0 Å². The fourth-order valence-electron chi connectivity index (χ4n) is 1.56. The van der Waals surface area contributed by atoms with Crippen LogP contribution in [-0.4, -0.2) is 27.4 Å². The Morgan fingerprint density at radius 1 is 1.37 bits per heavy atom. The van der Waals surface area contributed by atoms with Gasteiger partial charge in [0.1, 0.15) is 0 Å². The minimum atomic E-state index is -0.755. The number of hydrogen-bond acceptors (Lipinski definition) is 3. The van der Waals surface area contributed by atoms with E-state index < -0.39 is 11.4 Å². The lowest BCUT2D eigenvalue weighted by Crippen LogP contribution is -2.28. The zero-order valence-corrected chi connectivity index (χ0v) is 12.5. The highest BCUT2D eigenvalue weighted by Gasteiger charge is 2.26. The van der Waals surface area contributed by atoms with E-state index in [-0.39, 0.29) is 5.54 Å². The van der Waals surface area contributed by atoms with Crippen LogP contribution in [0.1, 0.15) is 46.6 Å². The predicted octanol–water partition coefficient (Wildman–Crippen LogP) is 2.23. The van der Waals surface area contributed by atoms with E-state index in [1.54, 1.807) is 13.8 Å². The SMILES string of the molecule is CC(C)(CCNCc1cnn(C(C)(C)C)c1)C(=O)O. The summed E-state index contributed by atoms with van der Waals surface area (Å²) in [5.74, 6) is -0.755. The second-order valence-corrected chi connectivity index (χ2v) is 6.58. The van der Waals surface area contributed by atoms with Gasteiger partial charge in [0, 0.05) is 18.3 Å². The summed E-state index contributed by atoms with van der Waals surface area (Å²) in [6.07, 6.45) is 4.48. The van der Waals surface area contributed by atoms with Crippen LogP contribution in [0.15, 0.2) is 12.4 Å². The highest BCUT2D eigenvalue weighted by molar-refractivity contribution is 5.73. The molecule has 1 aromatic heterocycles. The first kappa shape index (κ1) is 15.7. The summed E-state index contributed by atoms with van der Waals surface area (Å²) in [5.41, 5.74) is 0.426. The number of carboxylic acid groups (broad SMARTS) is 1. The van der Waals surface area contributed by atoms with Gasteiger partial charge in [0.25, 0.3) is 0 Å². The summed E-state index contributed by atoms with van der Waals surface area (Å²) < 4.78 is 1.94. The highest BCUT2D eigenvalue weighted by atomic mass is 16.4. The Bertz CT molecular complexity index is 430. The van der Waals surface area contributed by atoms with E-state index in [2.05, 4.69) is 31.2 Å². The molecule has 1 rings (SSSR count). The quantitative estimate of drug-likeness (QED) is 0.776. The van der Waals surface area contributed by atoms with Gasteiger partial charge in [0.15, 0.2) is 0 Å². The van der Waals surface area contributed by atoms with Crippen LogP contribution in [0.3, 0.4) is 0 Å². The summed E-state index contributed by atoms with van der Waals surface area (Å²) in [4.78, 5) is 11.0. The number of hydrogen-bond donors (Lipinski definition) is 2. The molecule has 0 saturated carbocycles. The van der Waals surface area contributed by atoms with Crippen molar-refractivity contribution in [3.63, 3.8) is 0 Å². The maximum atomic E-state index is 11.0. The molecule has 0 aromatic carbocycles. The number of aliphatic carboxylic acids is 1. The van der Waals surface area contributed by atoms with Crippen LogP contribution in [0, 0.1) is 5.41 Å². The van der Waals surface area contributed by atoms with E-state index in [4.69, 9.17) is 5.11 Å². The van der Waals surface area contributed by atoms with Crippen molar-refractivity contribution in [3.05, 3.63) is 18.0 Å². The number of nitrogens with one attached hydrogen (secondary N) is 1. The molecule has 19 heavy (non-hydrogen) atoms. The molecule has 1 heterocycles. The standard InChI is InChI=1S/C14H25N3O2/c1-13(2,3)17-10-11(9-16-17)8-15-7-6-14(4,5)12(18)19/h9-10,15H,6-8H2,1-5H3,(H,18,19). The van der Waals surface area contributed by atoms with Crippen molar-refractivity contribution in [2.24, 2.45) is 5.41 Å². The first-order valence-electron chi connectivity index (χ1n) is 6.61. The molecule has 0 radical (unpaired) electrons. The second kappa shape index (κ2) is 5.74. The van der Waals surface area contributed by atoms with Gasteiger partial charge in [0.2, 0.25) is 0 Å². The van der Waals surface area contributed by atoms with E-state index in [0.29, 0.717) is 19.5 Å². The van der Waals surface area contributed by atoms with Gasteiger partial charge in [-0.05, 0) is 47.6 Å². The number of rotatable bonds is 6. The van der Waals surface area contributed by atoms with E-state index >= 15 is 0 Å². The average molecular weight is 267 g/mol. The largest absolute Gasteiger partial charge is 0.481 e. The molecule has 1 aromatic rings. The van der Waals surface area contributed by atoms with Crippen molar-refractivity contribution in [1.82, 2.24) is 15.1 Å². The van der Waals surface area contributed by atoms with Gasteiger partial charge in [-0.25, -0.2) is 0 Å². The first-order valence-corrected chi connectivity index (χ1v) is 6.61. The van der Waals surface area contributed by atoms with Crippen molar-refractivity contribution in [2.75, 3.05) is 6.54 Å². The van der Waals surface area contributed by atoms with Gasteiger partial charge in [0.05, 0.1) is 17.2 Å². The van der Waals surface area contributed by atoms with E-state index in [1.165, 1.54) is 0 Å². The zero-order valence-electron chi connectivity index (χ0n) is 12.5. The third-order valence-electron chi connectivity index (χ3n) is 3.16. The molecule has 0 fully saturated rings. The molecule has 0 aliphatic carbocycles. The fourth-order valence-corrected chi connectivity index (χ4v) is 1.56. The van der Waals surface area contributed by atoms with Gasteiger partial charge in [-0.2, -0.15) is 5.10 Å². The van der Waals surface area contributed by atoms with Gasteiger partial charge >= 0.3 is 5.97 Å². The van der Waals surface area contributed by atoms with Crippen molar-refractivity contribution in [3.8, 4) is 0 Å². The summed E-state index contributed by atoms with van der Waals surface area (Å²) >= 11 is 0.